The van der Waals surface area contributed by atoms with Gasteiger partial charge in [0.15, 0.2) is 5.96 Å². The molecular formula is C17H21F3IN3O2. The third-order valence-electron chi connectivity index (χ3n) is 3.25. The topological polar surface area (TPSA) is 58.8 Å². The Labute approximate surface area is 167 Å². The summed E-state index contributed by atoms with van der Waals surface area (Å²) in [6, 6.07) is 10.8. The molecule has 144 valence electrons. The second-order valence-electron chi connectivity index (χ2n) is 5.28. The lowest BCUT2D eigenvalue weighted by Gasteiger charge is -2.11. The lowest BCUT2D eigenvalue weighted by atomic mass is 10.1. The normalized spacial score (nSPS) is 11.8. The molecule has 9 heteroatoms. The molecule has 0 spiro atoms. The maximum atomic E-state index is 12.0. The van der Waals surface area contributed by atoms with Crippen molar-refractivity contribution in [2.75, 3.05) is 13.7 Å². The minimum absolute atomic E-state index is 0. The van der Waals surface area contributed by atoms with Gasteiger partial charge >= 0.3 is 6.18 Å². The van der Waals surface area contributed by atoms with E-state index in [1.807, 2.05) is 24.3 Å². The average Bonchev–Trinajstić information content (AvgIpc) is 3.08. The van der Waals surface area contributed by atoms with Gasteiger partial charge in [0.1, 0.15) is 12.4 Å². The molecule has 5 nitrogen and oxygen atoms in total. The number of nitrogens with one attached hydrogen (secondary N) is 2. The van der Waals surface area contributed by atoms with Crippen LogP contribution >= 0.6 is 24.0 Å². The van der Waals surface area contributed by atoms with Gasteiger partial charge in [-0.1, -0.05) is 24.3 Å². The zero-order valence-electron chi connectivity index (χ0n) is 14.2. The van der Waals surface area contributed by atoms with Crippen molar-refractivity contribution < 1.29 is 22.3 Å². The van der Waals surface area contributed by atoms with Crippen molar-refractivity contribution in [2.45, 2.75) is 25.9 Å². The Morgan fingerprint density at radius 2 is 1.73 bits per heavy atom. The Morgan fingerprint density at radius 3 is 2.31 bits per heavy atom. The number of guanidine groups is 1. The molecule has 0 unspecified atom stereocenters. The van der Waals surface area contributed by atoms with E-state index in [9.17, 15) is 13.2 Å². The number of halogens is 4. The van der Waals surface area contributed by atoms with Crippen LogP contribution in [0, 0.1) is 0 Å². The molecule has 1 aromatic carbocycles. The first kappa shape index (κ1) is 22.3. The van der Waals surface area contributed by atoms with Crippen molar-refractivity contribution in [3.8, 4) is 0 Å². The summed E-state index contributed by atoms with van der Waals surface area (Å²) < 4.78 is 45.9. The standard InChI is InChI=1S/C17H20F3N3O2.HI/c1-21-16(23-10-15-3-2-8-25-15)22-9-13-4-6-14(7-5-13)11-24-12-17(18,19)20;/h2-8H,9-12H2,1H3,(H2,21,22,23);1H. The summed E-state index contributed by atoms with van der Waals surface area (Å²) >= 11 is 0. The van der Waals surface area contributed by atoms with Gasteiger partial charge in [0.2, 0.25) is 0 Å². The van der Waals surface area contributed by atoms with Crippen LogP contribution in [-0.2, 0) is 24.4 Å². The van der Waals surface area contributed by atoms with E-state index in [-0.39, 0.29) is 30.6 Å². The third kappa shape index (κ3) is 8.56. The molecular weight excluding hydrogens is 462 g/mol. The van der Waals surface area contributed by atoms with Crippen LogP contribution in [0.1, 0.15) is 16.9 Å². The first-order valence-electron chi connectivity index (χ1n) is 7.65. The molecule has 26 heavy (non-hydrogen) atoms. The average molecular weight is 483 g/mol. The lowest BCUT2D eigenvalue weighted by molar-refractivity contribution is -0.176. The highest BCUT2D eigenvalue weighted by Crippen LogP contribution is 2.15. The summed E-state index contributed by atoms with van der Waals surface area (Å²) in [7, 11) is 1.67. The zero-order chi connectivity index (χ0) is 18.1. The zero-order valence-corrected chi connectivity index (χ0v) is 16.5. The van der Waals surface area contributed by atoms with Crippen molar-refractivity contribution in [2.24, 2.45) is 4.99 Å². The van der Waals surface area contributed by atoms with Crippen LogP contribution in [-0.4, -0.2) is 25.8 Å². The smallest absolute Gasteiger partial charge is 0.411 e. The lowest BCUT2D eigenvalue weighted by Crippen LogP contribution is -2.36. The highest BCUT2D eigenvalue weighted by atomic mass is 127. The van der Waals surface area contributed by atoms with E-state index in [0.29, 0.717) is 24.6 Å². The number of nitrogens with zero attached hydrogens (tertiary/aromatic N) is 1. The van der Waals surface area contributed by atoms with Crippen molar-refractivity contribution >= 4 is 29.9 Å². The molecule has 1 heterocycles. The number of rotatable bonds is 7. The fraction of sp³-hybridized carbons (Fsp3) is 0.353. The summed E-state index contributed by atoms with van der Waals surface area (Å²) in [5.41, 5.74) is 1.66. The Kier molecular flexibility index (Phi) is 9.49. The minimum atomic E-state index is -4.30. The quantitative estimate of drug-likeness (QED) is 0.357. The van der Waals surface area contributed by atoms with Gasteiger partial charge in [-0.2, -0.15) is 13.2 Å². The molecule has 0 fully saturated rings. The van der Waals surface area contributed by atoms with E-state index in [4.69, 9.17) is 4.42 Å². The van der Waals surface area contributed by atoms with Crippen molar-refractivity contribution in [1.29, 1.82) is 0 Å². The number of ether oxygens (including phenoxy) is 1. The van der Waals surface area contributed by atoms with Crippen LogP contribution in [0.3, 0.4) is 0 Å². The largest absolute Gasteiger partial charge is 0.467 e. The van der Waals surface area contributed by atoms with Crippen molar-refractivity contribution in [1.82, 2.24) is 10.6 Å². The van der Waals surface area contributed by atoms with Crippen molar-refractivity contribution in [3.63, 3.8) is 0 Å². The van der Waals surface area contributed by atoms with Gasteiger partial charge in [-0.3, -0.25) is 4.99 Å². The predicted molar refractivity (Wildman–Crippen MR) is 103 cm³/mol. The van der Waals surface area contributed by atoms with E-state index in [1.54, 1.807) is 25.4 Å². The maximum absolute atomic E-state index is 12.0. The fourth-order valence-electron chi connectivity index (χ4n) is 2.03. The molecule has 0 saturated heterocycles. The molecule has 0 aliphatic rings. The highest BCUT2D eigenvalue weighted by molar-refractivity contribution is 14.0. The summed E-state index contributed by atoms with van der Waals surface area (Å²) in [6.07, 6.45) is -2.70. The molecule has 2 N–H and O–H groups in total. The Balaban J connectivity index is 0.00000338. The number of aliphatic imine (C=N–C) groups is 1. The number of hydrogen-bond acceptors (Lipinski definition) is 3. The molecule has 0 aliphatic heterocycles. The van der Waals surface area contributed by atoms with Crippen LogP contribution in [0.2, 0.25) is 0 Å². The van der Waals surface area contributed by atoms with Gasteiger partial charge < -0.3 is 19.8 Å². The molecule has 0 bridgehead atoms. The number of furan rings is 1. The second-order valence-corrected chi connectivity index (χ2v) is 5.28. The Morgan fingerprint density at radius 1 is 1.08 bits per heavy atom. The van der Waals surface area contributed by atoms with Gasteiger partial charge in [-0.05, 0) is 23.3 Å². The van der Waals surface area contributed by atoms with Crippen LogP contribution in [0.5, 0.6) is 0 Å². The number of hydrogen-bond donors (Lipinski definition) is 2. The molecule has 2 aromatic rings. The molecule has 0 radical (unpaired) electrons. The van der Waals surface area contributed by atoms with E-state index < -0.39 is 12.8 Å². The van der Waals surface area contributed by atoms with E-state index in [0.717, 1.165) is 11.3 Å². The van der Waals surface area contributed by atoms with Crippen molar-refractivity contribution in [3.05, 3.63) is 59.5 Å². The van der Waals surface area contributed by atoms with E-state index in [1.165, 1.54) is 0 Å². The first-order valence-corrected chi connectivity index (χ1v) is 7.65. The monoisotopic (exact) mass is 483 g/mol. The van der Waals surface area contributed by atoms with E-state index >= 15 is 0 Å². The minimum Gasteiger partial charge on any atom is -0.467 e. The van der Waals surface area contributed by atoms with Gasteiger partial charge in [0, 0.05) is 13.6 Å². The van der Waals surface area contributed by atoms with Gasteiger partial charge in [0.05, 0.1) is 19.4 Å². The molecule has 0 saturated carbocycles. The Hall–Kier alpha value is -1.75. The molecule has 2 rings (SSSR count). The number of benzene rings is 1. The summed E-state index contributed by atoms with van der Waals surface area (Å²) in [4.78, 5) is 4.11. The van der Waals surface area contributed by atoms with Gasteiger partial charge in [-0.15, -0.1) is 24.0 Å². The van der Waals surface area contributed by atoms with Crippen LogP contribution < -0.4 is 10.6 Å². The van der Waals surface area contributed by atoms with Crippen LogP contribution in [0.25, 0.3) is 0 Å². The summed E-state index contributed by atoms with van der Waals surface area (Å²) in [5, 5.41) is 6.26. The highest BCUT2D eigenvalue weighted by Gasteiger charge is 2.27. The number of alkyl halides is 3. The SMILES string of the molecule is CN=C(NCc1ccc(COCC(F)(F)F)cc1)NCc1ccco1.I. The summed E-state index contributed by atoms with van der Waals surface area (Å²) in [6.45, 7) is -0.267. The van der Waals surface area contributed by atoms with Crippen LogP contribution in [0.4, 0.5) is 13.2 Å². The van der Waals surface area contributed by atoms with Crippen LogP contribution in [0.15, 0.2) is 52.1 Å². The fourth-order valence-corrected chi connectivity index (χ4v) is 2.03. The summed E-state index contributed by atoms with van der Waals surface area (Å²) in [5.74, 6) is 1.42. The second kappa shape index (κ2) is 11.1. The predicted octanol–water partition coefficient (Wildman–Crippen LogP) is 3.84. The van der Waals surface area contributed by atoms with E-state index in [2.05, 4.69) is 20.4 Å². The van der Waals surface area contributed by atoms with Gasteiger partial charge in [-0.25, -0.2) is 0 Å². The molecule has 0 atom stereocenters. The molecule has 0 aliphatic carbocycles. The Bertz CT molecular complexity index is 659. The third-order valence-corrected chi connectivity index (χ3v) is 3.25. The molecule has 0 amide bonds. The maximum Gasteiger partial charge on any atom is 0.411 e. The molecule has 1 aromatic heterocycles. The van der Waals surface area contributed by atoms with Gasteiger partial charge in [0.25, 0.3) is 0 Å². The first-order chi connectivity index (χ1) is 12.0.